The van der Waals surface area contributed by atoms with Crippen LogP contribution >= 0.6 is 0 Å². The molecule has 0 unspecified atom stereocenters. The zero-order valence-corrected chi connectivity index (χ0v) is 11.7. The molecule has 5 nitrogen and oxygen atoms in total. The van der Waals surface area contributed by atoms with Gasteiger partial charge in [0.2, 0.25) is 0 Å². The quantitative estimate of drug-likeness (QED) is 0.936. The molecule has 0 bridgehead atoms. The van der Waals surface area contributed by atoms with Crippen LogP contribution in [0.25, 0.3) is 5.69 Å². The molecule has 2 atom stereocenters. The molecule has 2 aromatic rings. The summed E-state index contributed by atoms with van der Waals surface area (Å²) in [5, 5.41) is 13.4. The van der Waals surface area contributed by atoms with Gasteiger partial charge in [0.05, 0.1) is 24.9 Å². The number of amides is 1. The maximum atomic E-state index is 13.4. The van der Waals surface area contributed by atoms with E-state index in [2.05, 4.69) is 5.10 Å². The van der Waals surface area contributed by atoms with E-state index in [1.54, 1.807) is 18.3 Å². The number of aliphatic hydroxyl groups excluding tert-OH is 1. The molecular weight excluding hydrogens is 292 g/mol. The van der Waals surface area contributed by atoms with Gasteiger partial charge in [-0.2, -0.15) is 5.10 Å². The van der Waals surface area contributed by atoms with Crippen molar-refractivity contribution in [2.45, 2.75) is 18.6 Å². The Kier molecular flexibility index (Phi) is 3.89. The van der Waals surface area contributed by atoms with E-state index in [-0.39, 0.29) is 31.1 Å². The Labute approximate surface area is 125 Å². The molecule has 2 heterocycles. The van der Waals surface area contributed by atoms with Gasteiger partial charge in [-0.3, -0.25) is 4.79 Å². The summed E-state index contributed by atoms with van der Waals surface area (Å²) in [5.74, 6) is -0.774. The van der Waals surface area contributed by atoms with Gasteiger partial charge in [-0.15, -0.1) is 0 Å². The van der Waals surface area contributed by atoms with Gasteiger partial charge >= 0.3 is 0 Å². The van der Waals surface area contributed by atoms with Gasteiger partial charge in [-0.1, -0.05) is 0 Å². The van der Waals surface area contributed by atoms with Crippen molar-refractivity contribution < 1.29 is 18.7 Å². The standard InChI is InChI=1S/C15H15F2N3O2/c16-10-1-3-12(4-2-10)20-6-5-14(18-20)15(22)19-8-11(17)7-13(19)9-21/h1-6,11,13,21H,7-9H2/t11-,13-/m0/s1. The van der Waals surface area contributed by atoms with Crippen molar-refractivity contribution in [2.24, 2.45) is 0 Å². The molecule has 0 radical (unpaired) electrons. The van der Waals surface area contributed by atoms with Crippen LogP contribution in [0.4, 0.5) is 8.78 Å². The Morgan fingerprint density at radius 3 is 2.73 bits per heavy atom. The predicted molar refractivity (Wildman–Crippen MR) is 74.9 cm³/mol. The number of hydrogen-bond donors (Lipinski definition) is 1. The molecule has 1 N–H and O–H groups in total. The zero-order valence-electron chi connectivity index (χ0n) is 11.7. The highest BCUT2D eigenvalue weighted by Crippen LogP contribution is 2.22. The molecule has 116 valence electrons. The van der Waals surface area contributed by atoms with Crippen molar-refractivity contribution in [3.05, 3.63) is 48.0 Å². The minimum Gasteiger partial charge on any atom is -0.394 e. The molecule has 1 aliphatic heterocycles. The highest BCUT2D eigenvalue weighted by Gasteiger charge is 2.36. The molecule has 1 aromatic carbocycles. The van der Waals surface area contributed by atoms with E-state index in [4.69, 9.17) is 0 Å². The van der Waals surface area contributed by atoms with Gasteiger partial charge in [0, 0.05) is 12.6 Å². The number of aromatic nitrogens is 2. The lowest BCUT2D eigenvalue weighted by Crippen LogP contribution is -2.38. The molecule has 1 fully saturated rings. The average molecular weight is 307 g/mol. The lowest BCUT2D eigenvalue weighted by Gasteiger charge is -2.21. The van der Waals surface area contributed by atoms with Crippen LogP contribution < -0.4 is 0 Å². The van der Waals surface area contributed by atoms with E-state index >= 15 is 0 Å². The van der Waals surface area contributed by atoms with E-state index in [0.717, 1.165) is 0 Å². The third kappa shape index (κ3) is 2.71. The van der Waals surface area contributed by atoms with Gasteiger partial charge < -0.3 is 10.0 Å². The van der Waals surface area contributed by atoms with Gasteiger partial charge in [0.1, 0.15) is 12.0 Å². The fourth-order valence-corrected chi connectivity index (χ4v) is 2.60. The minimum absolute atomic E-state index is 0.0343. The Balaban J connectivity index is 1.81. The number of alkyl halides is 1. The topological polar surface area (TPSA) is 58.4 Å². The summed E-state index contributed by atoms with van der Waals surface area (Å²) in [5.41, 5.74) is 0.779. The van der Waals surface area contributed by atoms with Crippen LogP contribution in [0, 0.1) is 5.82 Å². The number of carbonyl (C=O) groups is 1. The summed E-state index contributed by atoms with van der Waals surface area (Å²) in [7, 11) is 0. The van der Waals surface area contributed by atoms with Crippen molar-refractivity contribution in [2.75, 3.05) is 13.2 Å². The largest absolute Gasteiger partial charge is 0.394 e. The summed E-state index contributed by atoms with van der Waals surface area (Å²) in [6, 6.07) is 6.69. The zero-order chi connectivity index (χ0) is 15.7. The van der Waals surface area contributed by atoms with E-state index in [1.807, 2.05) is 0 Å². The lowest BCUT2D eigenvalue weighted by atomic mass is 10.2. The van der Waals surface area contributed by atoms with Crippen LogP contribution in [0.1, 0.15) is 16.9 Å². The molecule has 1 saturated heterocycles. The molecular formula is C15H15F2N3O2. The van der Waals surface area contributed by atoms with Crippen LogP contribution in [-0.2, 0) is 0 Å². The third-order valence-corrected chi connectivity index (χ3v) is 3.73. The maximum Gasteiger partial charge on any atom is 0.274 e. The number of nitrogens with zero attached hydrogens (tertiary/aromatic N) is 3. The number of halogens is 2. The highest BCUT2D eigenvalue weighted by molar-refractivity contribution is 5.92. The number of rotatable bonds is 3. The monoisotopic (exact) mass is 307 g/mol. The lowest BCUT2D eigenvalue weighted by molar-refractivity contribution is 0.0666. The van der Waals surface area contributed by atoms with E-state index in [9.17, 15) is 18.7 Å². The number of benzene rings is 1. The minimum atomic E-state index is -1.12. The summed E-state index contributed by atoms with van der Waals surface area (Å²) in [6.07, 6.45) is 0.596. The normalized spacial score (nSPS) is 21.3. The second-order valence-corrected chi connectivity index (χ2v) is 5.25. The molecule has 0 spiro atoms. The van der Waals surface area contributed by atoms with E-state index < -0.39 is 18.1 Å². The highest BCUT2D eigenvalue weighted by atomic mass is 19.1. The van der Waals surface area contributed by atoms with Gasteiger partial charge in [0.15, 0.2) is 5.69 Å². The summed E-state index contributed by atoms with van der Waals surface area (Å²) in [6.45, 7) is -0.307. The maximum absolute atomic E-state index is 13.4. The molecule has 1 aliphatic rings. The fraction of sp³-hybridized carbons (Fsp3) is 0.333. The molecule has 22 heavy (non-hydrogen) atoms. The van der Waals surface area contributed by atoms with Crippen molar-refractivity contribution in [1.82, 2.24) is 14.7 Å². The first-order chi connectivity index (χ1) is 10.6. The molecule has 1 aromatic heterocycles. The van der Waals surface area contributed by atoms with Crippen LogP contribution in [0.15, 0.2) is 36.5 Å². The first kappa shape index (κ1) is 14.6. The van der Waals surface area contributed by atoms with Crippen LogP contribution in [0.5, 0.6) is 0 Å². The van der Waals surface area contributed by atoms with Gasteiger partial charge in [0.25, 0.3) is 5.91 Å². The molecule has 1 amide bonds. The first-order valence-corrected chi connectivity index (χ1v) is 6.96. The Hall–Kier alpha value is -2.28. The predicted octanol–water partition coefficient (Wildman–Crippen LogP) is 1.56. The van der Waals surface area contributed by atoms with Crippen molar-refractivity contribution in [3.63, 3.8) is 0 Å². The smallest absolute Gasteiger partial charge is 0.274 e. The van der Waals surface area contributed by atoms with Crippen molar-refractivity contribution >= 4 is 5.91 Å². The second-order valence-electron chi connectivity index (χ2n) is 5.25. The van der Waals surface area contributed by atoms with Gasteiger partial charge in [-0.25, -0.2) is 13.5 Å². The molecule has 3 rings (SSSR count). The molecule has 0 saturated carbocycles. The number of aliphatic hydroxyl groups is 1. The first-order valence-electron chi connectivity index (χ1n) is 6.96. The third-order valence-electron chi connectivity index (χ3n) is 3.73. The van der Waals surface area contributed by atoms with Crippen molar-refractivity contribution in [1.29, 1.82) is 0 Å². The van der Waals surface area contributed by atoms with Crippen molar-refractivity contribution in [3.8, 4) is 5.69 Å². The number of hydrogen-bond acceptors (Lipinski definition) is 3. The van der Waals surface area contributed by atoms with Crippen LogP contribution in [0.3, 0.4) is 0 Å². The molecule has 0 aliphatic carbocycles. The Morgan fingerprint density at radius 1 is 1.32 bits per heavy atom. The van der Waals surface area contributed by atoms with E-state index in [0.29, 0.717) is 5.69 Å². The van der Waals surface area contributed by atoms with Gasteiger partial charge in [-0.05, 0) is 30.3 Å². The van der Waals surface area contributed by atoms with E-state index in [1.165, 1.54) is 27.8 Å². The molecule has 7 heteroatoms. The Morgan fingerprint density at radius 2 is 2.05 bits per heavy atom. The fourth-order valence-electron chi connectivity index (χ4n) is 2.60. The summed E-state index contributed by atoms with van der Waals surface area (Å²) in [4.78, 5) is 13.7. The second kappa shape index (κ2) is 5.84. The average Bonchev–Trinajstić information content (AvgIpc) is 3.14. The van der Waals surface area contributed by atoms with Crippen LogP contribution in [0.2, 0.25) is 0 Å². The number of likely N-dealkylation sites (tertiary alicyclic amines) is 1. The van der Waals surface area contributed by atoms with Crippen LogP contribution in [-0.4, -0.2) is 51.1 Å². The number of carbonyl (C=O) groups excluding carboxylic acids is 1. The Bertz CT molecular complexity index is 672. The SMILES string of the molecule is O=C(c1ccn(-c2ccc(F)cc2)n1)N1C[C@@H](F)C[C@H]1CO. The summed E-state index contributed by atoms with van der Waals surface area (Å²) < 4.78 is 27.8. The summed E-state index contributed by atoms with van der Waals surface area (Å²) >= 11 is 0.